The predicted octanol–water partition coefficient (Wildman–Crippen LogP) is 4.63. The number of likely N-dealkylation sites (N-methyl/N-ethyl adjacent to an activating group) is 1. The molecule has 21 heavy (non-hydrogen) atoms. The highest BCUT2D eigenvalue weighted by Gasteiger charge is 2.37. The van der Waals surface area contributed by atoms with Gasteiger partial charge >= 0.3 is 0 Å². The summed E-state index contributed by atoms with van der Waals surface area (Å²) >= 11 is 0. The fourth-order valence-electron chi connectivity index (χ4n) is 4.86. The van der Waals surface area contributed by atoms with Gasteiger partial charge < -0.3 is 10.1 Å². The molecule has 0 radical (unpaired) electrons. The normalized spacial score (nSPS) is 40.4. The SMILES string of the molecule is CNC1CCC(C(C)C)CC1OC1CC(C)CC(C)(C)C1. The Morgan fingerprint density at radius 1 is 1.10 bits per heavy atom. The van der Waals surface area contributed by atoms with Crippen molar-refractivity contribution >= 4 is 0 Å². The zero-order valence-electron chi connectivity index (χ0n) is 15.1. The molecule has 124 valence electrons. The summed E-state index contributed by atoms with van der Waals surface area (Å²) in [6.45, 7) is 11.9. The molecule has 0 heterocycles. The summed E-state index contributed by atoms with van der Waals surface area (Å²) in [5.74, 6) is 2.43. The van der Waals surface area contributed by atoms with Gasteiger partial charge in [0.05, 0.1) is 12.2 Å². The lowest BCUT2D eigenvalue weighted by Crippen LogP contribution is -2.47. The molecular formula is C19H37NO. The molecule has 2 nitrogen and oxygen atoms in total. The summed E-state index contributed by atoms with van der Waals surface area (Å²) in [4.78, 5) is 0. The lowest BCUT2D eigenvalue weighted by Gasteiger charge is -2.44. The fourth-order valence-corrected chi connectivity index (χ4v) is 4.86. The monoisotopic (exact) mass is 295 g/mol. The van der Waals surface area contributed by atoms with Gasteiger partial charge in [-0.1, -0.05) is 34.6 Å². The number of hydrogen-bond donors (Lipinski definition) is 1. The summed E-state index contributed by atoms with van der Waals surface area (Å²) in [5, 5.41) is 3.51. The average molecular weight is 296 g/mol. The van der Waals surface area contributed by atoms with Crippen LogP contribution in [0.1, 0.15) is 73.1 Å². The molecule has 5 unspecified atom stereocenters. The van der Waals surface area contributed by atoms with Crippen molar-refractivity contribution in [2.45, 2.75) is 91.4 Å². The Bertz CT molecular complexity index is 326. The van der Waals surface area contributed by atoms with Gasteiger partial charge in [-0.25, -0.2) is 0 Å². The van der Waals surface area contributed by atoms with Crippen molar-refractivity contribution in [2.24, 2.45) is 23.2 Å². The van der Waals surface area contributed by atoms with Crippen LogP contribution >= 0.6 is 0 Å². The zero-order valence-corrected chi connectivity index (χ0v) is 15.1. The first-order chi connectivity index (χ1) is 9.80. The summed E-state index contributed by atoms with van der Waals surface area (Å²) in [5.41, 5.74) is 0.448. The standard InChI is InChI=1S/C19H37NO/c1-13(2)15-7-8-17(20-6)18(10-15)21-16-9-14(3)11-19(4,5)12-16/h13-18,20H,7-12H2,1-6H3. The second kappa shape index (κ2) is 7.00. The van der Waals surface area contributed by atoms with Crippen LogP contribution in [0.2, 0.25) is 0 Å². The number of nitrogens with one attached hydrogen (secondary N) is 1. The van der Waals surface area contributed by atoms with Crippen molar-refractivity contribution < 1.29 is 4.74 Å². The lowest BCUT2D eigenvalue weighted by molar-refractivity contribution is -0.0968. The van der Waals surface area contributed by atoms with E-state index in [1.165, 1.54) is 38.5 Å². The molecule has 0 aromatic carbocycles. The van der Waals surface area contributed by atoms with E-state index in [-0.39, 0.29) is 0 Å². The van der Waals surface area contributed by atoms with Crippen molar-refractivity contribution in [3.63, 3.8) is 0 Å². The van der Waals surface area contributed by atoms with E-state index in [2.05, 4.69) is 47.0 Å². The Morgan fingerprint density at radius 3 is 2.38 bits per heavy atom. The zero-order chi connectivity index (χ0) is 15.6. The van der Waals surface area contributed by atoms with Crippen molar-refractivity contribution in [1.29, 1.82) is 0 Å². The van der Waals surface area contributed by atoms with Crippen molar-refractivity contribution in [2.75, 3.05) is 7.05 Å². The summed E-state index contributed by atoms with van der Waals surface area (Å²) in [6.07, 6.45) is 8.60. The maximum absolute atomic E-state index is 6.66. The van der Waals surface area contributed by atoms with Crippen LogP contribution in [0, 0.1) is 23.2 Å². The highest BCUT2D eigenvalue weighted by atomic mass is 16.5. The Labute approximate surface area is 132 Å². The topological polar surface area (TPSA) is 21.3 Å². The number of ether oxygens (including phenoxy) is 1. The average Bonchev–Trinajstić information content (AvgIpc) is 2.36. The van der Waals surface area contributed by atoms with Crippen LogP contribution in [0.15, 0.2) is 0 Å². The van der Waals surface area contributed by atoms with E-state index in [9.17, 15) is 0 Å². The van der Waals surface area contributed by atoms with E-state index in [1.54, 1.807) is 0 Å². The second-order valence-electron chi connectivity index (χ2n) is 8.92. The molecule has 2 rings (SSSR count). The van der Waals surface area contributed by atoms with Crippen LogP contribution in [0.5, 0.6) is 0 Å². The smallest absolute Gasteiger partial charge is 0.0734 e. The van der Waals surface area contributed by atoms with Crippen LogP contribution < -0.4 is 5.32 Å². The van der Waals surface area contributed by atoms with Crippen LogP contribution in [0.3, 0.4) is 0 Å². The maximum Gasteiger partial charge on any atom is 0.0734 e. The van der Waals surface area contributed by atoms with Crippen LogP contribution in [0.25, 0.3) is 0 Å². The predicted molar refractivity (Wildman–Crippen MR) is 90.5 cm³/mol. The van der Waals surface area contributed by atoms with E-state index >= 15 is 0 Å². The molecule has 2 saturated carbocycles. The van der Waals surface area contributed by atoms with Gasteiger partial charge in [-0.3, -0.25) is 0 Å². The molecular weight excluding hydrogens is 258 g/mol. The molecule has 0 aromatic heterocycles. The fraction of sp³-hybridized carbons (Fsp3) is 1.00. The third kappa shape index (κ3) is 4.69. The first kappa shape index (κ1) is 17.3. The number of hydrogen-bond acceptors (Lipinski definition) is 2. The summed E-state index contributed by atoms with van der Waals surface area (Å²) in [6, 6.07) is 0.556. The Balaban J connectivity index is 1.97. The van der Waals surface area contributed by atoms with Crippen molar-refractivity contribution in [3.05, 3.63) is 0 Å². The molecule has 0 amide bonds. The molecule has 2 heteroatoms. The molecule has 0 saturated heterocycles. The highest BCUT2D eigenvalue weighted by molar-refractivity contribution is 4.89. The molecule has 2 aliphatic carbocycles. The molecule has 0 aromatic rings. The molecule has 2 fully saturated rings. The summed E-state index contributed by atoms with van der Waals surface area (Å²) < 4.78 is 6.66. The minimum Gasteiger partial charge on any atom is -0.373 e. The molecule has 0 aliphatic heterocycles. The number of rotatable bonds is 4. The minimum atomic E-state index is 0.419. The van der Waals surface area contributed by atoms with Crippen molar-refractivity contribution in [3.8, 4) is 0 Å². The van der Waals surface area contributed by atoms with Crippen molar-refractivity contribution in [1.82, 2.24) is 5.32 Å². The van der Waals surface area contributed by atoms with Crippen LogP contribution in [0.4, 0.5) is 0 Å². The van der Waals surface area contributed by atoms with Gasteiger partial charge in [0.1, 0.15) is 0 Å². The maximum atomic E-state index is 6.66. The van der Waals surface area contributed by atoms with Crippen LogP contribution in [-0.4, -0.2) is 25.3 Å². The first-order valence-corrected chi connectivity index (χ1v) is 9.13. The molecule has 2 aliphatic rings. The van der Waals surface area contributed by atoms with Gasteiger partial charge in [-0.15, -0.1) is 0 Å². The minimum absolute atomic E-state index is 0.419. The molecule has 1 N–H and O–H groups in total. The quantitative estimate of drug-likeness (QED) is 0.816. The largest absolute Gasteiger partial charge is 0.373 e. The first-order valence-electron chi connectivity index (χ1n) is 9.13. The van der Waals surface area contributed by atoms with Gasteiger partial charge in [0.25, 0.3) is 0 Å². The molecule has 5 atom stereocenters. The Hall–Kier alpha value is -0.0800. The molecule has 0 spiro atoms. The van der Waals surface area contributed by atoms with Gasteiger partial charge in [0.15, 0.2) is 0 Å². The van der Waals surface area contributed by atoms with Gasteiger partial charge in [-0.05, 0) is 68.7 Å². The highest BCUT2D eigenvalue weighted by Crippen LogP contribution is 2.41. The van der Waals surface area contributed by atoms with Crippen LogP contribution in [-0.2, 0) is 4.74 Å². The third-order valence-corrected chi connectivity index (χ3v) is 5.86. The van der Waals surface area contributed by atoms with E-state index in [4.69, 9.17) is 4.74 Å². The van der Waals surface area contributed by atoms with Gasteiger partial charge in [-0.2, -0.15) is 0 Å². The Kier molecular flexibility index (Phi) is 5.76. The third-order valence-electron chi connectivity index (χ3n) is 5.86. The second-order valence-corrected chi connectivity index (χ2v) is 8.92. The van der Waals surface area contributed by atoms with E-state index in [1.807, 2.05) is 0 Å². The Morgan fingerprint density at radius 2 is 1.81 bits per heavy atom. The molecule has 0 bridgehead atoms. The van der Waals surface area contributed by atoms with E-state index in [0.29, 0.717) is 23.7 Å². The van der Waals surface area contributed by atoms with Gasteiger partial charge in [0.2, 0.25) is 0 Å². The van der Waals surface area contributed by atoms with E-state index in [0.717, 1.165) is 17.8 Å². The summed E-state index contributed by atoms with van der Waals surface area (Å²) in [7, 11) is 2.10. The lowest BCUT2D eigenvalue weighted by atomic mass is 9.71. The van der Waals surface area contributed by atoms with E-state index < -0.39 is 0 Å². The van der Waals surface area contributed by atoms with Gasteiger partial charge in [0, 0.05) is 6.04 Å².